The summed E-state index contributed by atoms with van der Waals surface area (Å²) in [6, 6.07) is 0. The molecule has 0 fully saturated rings. The maximum atomic E-state index is 12.9. The Labute approximate surface area is 217 Å². The molecule has 2 aliphatic carbocycles. The van der Waals surface area contributed by atoms with Crippen LogP contribution in [0.3, 0.4) is 0 Å². The molecule has 0 spiro atoms. The van der Waals surface area contributed by atoms with Crippen LogP contribution in [-0.2, 0) is 42.3 Å². The van der Waals surface area contributed by atoms with E-state index in [1.807, 2.05) is 23.0 Å². The van der Waals surface area contributed by atoms with Crippen molar-refractivity contribution in [2.45, 2.75) is 63.9 Å². The smallest absolute Gasteiger partial charge is 0.341 e. The molecule has 0 aliphatic heterocycles. The number of nitrogens with one attached hydrogen (secondary N) is 1. The van der Waals surface area contributed by atoms with Crippen molar-refractivity contribution in [2.75, 3.05) is 17.7 Å². The summed E-state index contributed by atoms with van der Waals surface area (Å²) in [5.41, 5.74) is 4.17. The van der Waals surface area contributed by atoms with E-state index in [2.05, 4.69) is 27.8 Å². The molecule has 2 aliphatic rings. The lowest BCUT2D eigenvalue weighted by Gasteiger charge is -2.18. The Hall–Kier alpha value is -2.17. The Morgan fingerprint density at radius 2 is 2.03 bits per heavy atom. The Morgan fingerprint density at radius 3 is 2.86 bits per heavy atom. The fourth-order valence-corrected chi connectivity index (χ4v) is 8.15. The van der Waals surface area contributed by atoms with Crippen LogP contribution in [0.25, 0.3) is 11.4 Å². The van der Waals surface area contributed by atoms with E-state index in [0.717, 1.165) is 55.8 Å². The van der Waals surface area contributed by atoms with Crippen LogP contribution in [0.1, 0.15) is 64.3 Å². The molecule has 0 saturated carbocycles. The number of carbonyl (C=O) groups is 2. The van der Waals surface area contributed by atoms with Gasteiger partial charge in [-0.2, -0.15) is 0 Å². The van der Waals surface area contributed by atoms with Crippen molar-refractivity contribution in [1.82, 2.24) is 14.8 Å². The number of carbonyl (C=O) groups excluding carboxylic acids is 2. The number of thioether (sulfide) groups is 1. The van der Waals surface area contributed by atoms with Gasteiger partial charge in [0.15, 0.2) is 11.0 Å². The molecule has 3 aromatic rings. The lowest BCUT2D eigenvalue weighted by molar-refractivity contribution is -0.113. The van der Waals surface area contributed by atoms with Gasteiger partial charge in [-0.05, 0) is 68.9 Å². The van der Waals surface area contributed by atoms with Crippen molar-refractivity contribution in [1.29, 1.82) is 0 Å². The van der Waals surface area contributed by atoms with Crippen molar-refractivity contribution in [3.8, 4) is 11.4 Å². The fraction of sp³-hybridized carbons (Fsp3) is 0.520. The molecule has 0 aromatic carbocycles. The van der Waals surface area contributed by atoms with Gasteiger partial charge in [-0.1, -0.05) is 18.7 Å². The van der Waals surface area contributed by atoms with Gasteiger partial charge in [0.05, 0.1) is 17.9 Å². The summed E-state index contributed by atoms with van der Waals surface area (Å²) in [6.45, 7) is 4.42. The lowest BCUT2D eigenvalue weighted by Crippen LogP contribution is -2.17. The van der Waals surface area contributed by atoms with Gasteiger partial charge in [-0.25, -0.2) is 4.79 Å². The largest absolute Gasteiger partial charge is 0.462 e. The van der Waals surface area contributed by atoms with E-state index >= 15 is 0 Å². The zero-order valence-electron chi connectivity index (χ0n) is 20.3. The Bertz CT molecular complexity index is 1260. The van der Waals surface area contributed by atoms with Crippen LogP contribution >= 0.6 is 34.4 Å². The van der Waals surface area contributed by atoms with E-state index in [4.69, 9.17) is 4.74 Å². The zero-order chi connectivity index (χ0) is 24.5. The highest BCUT2D eigenvalue weighted by Gasteiger charge is 2.28. The molecule has 1 unspecified atom stereocenters. The van der Waals surface area contributed by atoms with Crippen LogP contribution in [0.4, 0.5) is 5.00 Å². The van der Waals surface area contributed by atoms with Crippen LogP contribution in [-0.4, -0.2) is 39.0 Å². The molecule has 0 radical (unpaired) electrons. The predicted octanol–water partition coefficient (Wildman–Crippen LogP) is 5.52. The Kier molecular flexibility index (Phi) is 7.31. The minimum atomic E-state index is -0.346. The number of fused-ring (bicyclic) bond motifs is 2. The quantitative estimate of drug-likeness (QED) is 0.320. The lowest BCUT2D eigenvalue weighted by atomic mass is 9.88. The molecule has 3 heterocycles. The van der Waals surface area contributed by atoms with Crippen molar-refractivity contribution in [2.24, 2.45) is 13.0 Å². The van der Waals surface area contributed by atoms with Gasteiger partial charge in [0.2, 0.25) is 5.91 Å². The van der Waals surface area contributed by atoms with Crippen LogP contribution in [0, 0.1) is 5.92 Å². The maximum Gasteiger partial charge on any atom is 0.341 e. The van der Waals surface area contributed by atoms with Gasteiger partial charge >= 0.3 is 5.97 Å². The third-order valence-electron chi connectivity index (χ3n) is 6.71. The summed E-state index contributed by atoms with van der Waals surface area (Å²) in [5.74, 6) is 1.27. The van der Waals surface area contributed by atoms with Crippen LogP contribution < -0.4 is 5.32 Å². The van der Waals surface area contributed by atoms with Gasteiger partial charge in [-0.3, -0.25) is 4.79 Å². The standard InChI is InChI=1S/C25H30N4O3S3/c1-4-32-24(31)21-16-7-5-6-8-18(16)35-23(21)26-20(30)13-34-25-28-27-22(29(25)3)17-12-33-19-11-14(2)9-10-15(17)19/h12,14H,4-11,13H2,1-3H3,(H,26,30). The normalized spacial score (nSPS) is 17.1. The second kappa shape index (κ2) is 10.4. The first-order chi connectivity index (χ1) is 17.0. The number of nitrogens with zero attached hydrogens (tertiary/aromatic N) is 3. The van der Waals surface area contributed by atoms with Crippen molar-refractivity contribution >= 4 is 51.3 Å². The second-order valence-electron chi connectivity index (χ2n) is 9.24. The number of aryl methyl sites for hydroxylation is 1. The molecule has 10 heteroatoms. The van der Waals surface area contributed by atoms with Crippen molar-refractivity contribution < 1.29 is 14.3 Å². The predicted molar refractivity (Wildman–Crippen MR) is 142 cm³/mol. The second-order valence-corrected chi connectivity index (χ2v) is 12.2. The first-order valence-electron chi connectivity index (χ1n) is 12.2. The molecular weight excluding hydrogens is 501 g/mol. The van der Waals surface area contributed by atoms with Crippen LogP contribution in [0.15, 0.2) is 10.5 Å². The minimum absolute atomic E-state index is 0.161. The number of hydrogen-bond donors (Lipinski definition) is 1. The van der Waals surface area contributed by atoms with Gasteiger partial charge in [0.25, 0.3) is 0 Å². The number of aromatic nitrogens is 3. The molecule has 186 valence electrons. The topological polar surface area (TPSA) is 86.1 Å². The summed E-state index contributed by atoms with van der Waals surface area (Å²) in [5, 5.41) is 15.3. The summed E-state index contributed by atoms with van der Waals surface area (Å²) < 4.78 is 7.27. The van der Waals surface area contributed by atoms with Crippen LogP contribution in [0.2, 0.25) is 0 Å². The number of esters is 1. The van der Waals surface area contributed by atoms with E-state index < -0.39 is 0 Å². The van der Waals surface area contributed by atoms with Gasteiger partial charge < -0.3 is 14.6 Å². The third kappa shape index (κ3) is 4.93. The summed E-state index contributed by atoms with van der Waals surface area (Å²) in [7, 11) is 1.96. The van der Waals surface area contributed by atoms with Crippen LogP contribution in [0.5, 0.6) is 0 Å². The number of rotatable bonds is 7. The molecule has 1 atom stereocenters. The summed E-state index contributed by atoms with van der Waals surface area (Å²) >= 11 is 4.69. The molecule has 35 heavy (non-hydrogen) atoms. The molecule has 3 aromatic heterocycles. The summed E-state index contributed by atoms with van der Waals surface area (Å²) in [4.78, 5) is 28.2. The maximum absolute atomic E-state index is 12.9. The third-order valence-corrected chi connectivity index (χ3v) is 9.99. The molecule has 1 N–H and O–H groups in total. The highest BCUT2D eigenvalue weighted by atomic mass is 32.2. The molecule has 5 rings (SSSR count). The van der Waals surface area contributed by atoms with Crippen molar-refractivity contribution in [3.05, 3.63) is 31.8 Å². The fourth-order valence-electron chi connectivity index (χ4n) is 4.91. The summed E-state index contributed by atoms with van der Waals surface area (Å²) in [6.07, 6.45) is 7.40. The SMILES string of the molecule is CCOC(=O)c1c(NC(=O)CSc2nnc(-c3csc4c3CCC(C)C4)n2C)sc2c1CCCC2. The van der Waals surface area contributed by atoms with Gasteiger partial charge in [0.1, 0.15) is 5.00 Å². The molecule has 7 nitrogen and oxygen atoms in total. The highest BCUT2D eigenvalue weighted by molar-refractivity contribution is 7.99. The Morgan fingerprint density at radius 1 is 1.20 bits per heavy atom. The number of anilines is 1. The van der Waals surface area contributed by atoms with Crippen molar-refractivity contribution in [3.63, 3.8) is 0 Å². The first kappa shape index (κ1) is 24.5. The van der Waals surface area contributed by atoms with E-state index in [-0.39, 0.29) is 17.6 Å². The Balaban J connectivity index is 1.28. The number of ether oxygens (including phenoxy) is 1. The first-order valence-corrected chi connectivity index (χ1v) is 14.9. The number of thiophene rings is 2. The average Bonchev–Trinajstić information content (AvgIpc) is 3.52. The van der Waals surface area contributed by atoms with E-state index in [1.165, 1.54) is 50.4 Å². The zero-order valence-corrected chi connectivity index (χ0v) is 22.8. The van der Waals surface area contributed by atoms with Gasteiger partial charge in [-0.15, -0.1) is 32.9 Å². The van der Waals surface area contributed by atoms with E-state index in [9.17, 15) is 9.59 Å². The molecule has 0 bridgehead atoms. The van der Waals surface area contributed by atoms with Gasteiger partial charge in [0, 0.05) is 27.7 Å². The van der Waals surface area contributed by atoms with E-state index in [1.54, 1.807) is 6.92 Å². The molecular formula is C25H30N4O3S3. The number of hydrogen-bond acceptors (Lipinski definition) is 8. The monoisotopic (exact) mass is 530 g/mol. The molecule has 0 saturated heterocycles. The molecule has 1 amide bonds. The minimum Gasteiger partial charge on any atom is -0.462 e. The van der Waals surface area contributed by atoms with E-state index in [0.29, 0.717) is 22.3 Å². The average molecular weight is 531 g/mol. The number of amides is 1. The highest BCUT2D eigenvalue weighted by Crippen LogP contribution is 2.40.